The molecule has 0 unspecified atom stereocenters. The second-order valence-corrected chi connectivity index (χ2v) is 5.97. The molecule has 0 aliphatic heterocycles. The highest BCUT2D eigenvalue weighted by molar-refractivity contribution is 9.10. The number of esters is 1. The zero-order valence-corrected chi connectivity index (χ0v) is 13.3. The van der Waals surface area contributed by atoms with Crippen molar-refractivity contribution in [2.24, 2.45) is 0 Å². The van der Waals surface area contributed by atoms with Crippen molar-refractivity contribution in [1.29, 1.82) is 0 Å². The van der Waals surface area contributed by atoms with Crippen molar-refractivity contribution in [1.82, 2.24) is 4.90 Å². The minimum atomic E-state index is -0.443. The van der Waals surface area contributed by atoms with Gasteiger partial charge in [-0.15, -0.1) is 0 Å². The highest BCUT2D eigenvalue weighted by Crippen LogP contribution is 2.49. The van der Waals surface area contributed by atoms with E-state index in [9.17, 15) is 9.59 Å². The molecule has 1 aromatic carbocycles. The summed E-state index contributed by atoms with van der Waals surface area (Å²) in [6, 6.07) is 7.81. The molecule has 20 heavy (non-hydrogen) atoms. The third-order valence-electron chi connectivity index (χ3n) is 3.57. The highest BCUT2D eigenvalue weighted by atomic mass is 79.9. The van der Waals surface area contributed by atoms with E-state index in [1.165, 1.54) is 4.90 Å². The van der Waals surface area contributed by atoms with Crippen LogP contribution < -0.4 is 0 Å². The third kappa shape index (κ3) is 3.03. The lowest BCUT2D eigenvalue weighted by atomic mass is 9.94. The lowest BCUT2D eigenvalue weighted by Gasteiger charge is -2.23. The fourth-order valence-corrected chi connectivity index (χ4v) is 2.62. The molecule has 0 aromatic heterocycles. The summed E-state index contributed by atoms with van der Waals surface area (Å²) in [6.45, 7) is 2.09. The Hall–Kier alpha value is -1.36. The van der Waals surface area contributed by atoms with Gasteiger partial charge in [-0.2, -0.15) is 0 Å². The molecule has 1 fully saturated rings. The van der Waals surface area contributed by atoms with Crippen molar-refractivity contribution >= 4 is 27.8 Å². The number of carbonyl (C=O) groups excluding carboxylic acids is 2. The van der Waals surface area contributed by atoms with Crippen LogP contribution in [0.25, 0.3) is 0 Å². The van der Waals surface area contributed by atoms with Crippen LogP contribution in [-0.4, -0.2) is 37.0 Å². The Morgan fingerprint density at radius 3 is 2.40 bits per heavy atom. The molecule has 0 bridgehead atoms. The molecule has 108 valence electrons. The Balaban J connectivity index is 2.08. The van der Waals surface area contributed by atoms with Crippen molar-refractivity contribution in [3.63, 3.8) is 0 Å². The standard InChI is InChI=1S/C15H18BrNO3/c1-3-20-13(18)10-17(2)14(19)15(8-9-15)11-4-6-12(16)7-5-11/h4-7H,3,8-10H2,1-2H3. The average molecular weight is 340 g/mol. The maximum absolute atomic E-state index is 12.6. The number of ether oxygens (including phenoxy) is 1. The van der Waals surface area contributed by atoms with E-state index in [1.807, 2.05) is 24.3 Å². The van der Waals surface area contributed by atoms with Crippen LogP contribution in [0.2, 0.25) is 0 Å². The minimum absolute atomic E-state index is 0.00491. The maximum atomic E-state index is 12.6. The summed E-state index contributed by atoms with van der Waals surface area (Å²) in [5.74, 6) is -0.372. The molecule has 1 aliphatic carbocycles. The number of carbonyl (C=O) groups is 2. The predicted octanol–water partition coefficient (Wildman–Crippen LogP) is 2.50. The molecule has 0 heterocycles. The molecule has 4 nitrogen and oxygen atoms in total. The van der Waals surface area contributed by atoms with Crippen molar-refractivity contribution in [2.75, 3.05) is 20.2 Å². The van der Waals surface area contributed by atoms with Gasteiger partial charge in [0.15, 0.2) is 0 Å². The van der Waals surface area contributed by atoms with Crippen LogP contribution in [0.5, 0.6) is 0 Å². The van der Waals surface area contributed by atoms with Crippen molar-refractivity contribution in [3.05, 3.63) is 34.3 Å². The van der Waals surface area contributed by atoms with E-state index in [1.54, 1.807) is 14.0 Å². The summed E-state index contributed by atoms with van der Waals surface area (Å²) >= 11 is 3.39. The average Bonchev–Trinajstić information content (AvgIpc) is 3.20. The number of nitrogens with zero attached hydrogens (tertiary/aromatic N) is 1. The molecule has 2 rings (SSSR count). The molecule has 1 aromatic rings. The second-order valence-electron chi connectivity index (χ2n) is 5.06. The van der Waals surface area contributed by atoms with Crippen LogP contribution in [0.1, 0.15) is 25.3 Å². The van der Waals surface area contributed by atoms with Crippen molar-refractivity contribution in [2.45, 2.75) is 25.2 Å². The first kappa shape index (κ1) is 15.0. The van der Waals surface area contributed by atoms with Crippen LogP contribution >= 0.6 is 15.9 Å². The number of hydrogen-bond donors (Lipinski definition) is 0. The van der Waals surface area contributed by atoms with E-state index in [0.29, 0.717) is 6.61 Å². The van der Waals surface area contributed by atoms with Gasteiger partial charge < -0.3 is 9.64 Å². The van der Waals surface area contributed by atoms with Crippen LogP contribution in [0.3, 0.4) is 0 Å². The van der Waals surface area contributed by atoms with Gasteiger partial charge in [0.05, 0.1) is 12.0 Å². The zero-order chi connectivity index (χ0) is 14.8. The normalized spacial score (nSPS) is 15.6. The number of benzene rings is 1. The summed E-state index contributed by atoms with van der Waals surface area (Å²) in [5, 5.41) is 0. The number of likely N-dealkylation sites (N-methyl/N-ethyl adjacent to an activating group) is 1. The summed E-state index contributed by atoms with van der Waals surface area (Å²) < 4.78 is 5.87. The van der Waals surface area contributed by atoms with Crippen LogP contribution in [-0.2, 0) is 19.7 Å². The summed E-state index contributed by atoms with van der Waals surface area (Å²) in [7, 11) is 1.65. The van der Waals surface area contributed by atoms with E-state index >= 15 is 0 Å². The number of hydrogen-bond acceptors (Lipinski definition) is 3. The SMILES string of the molecule is CCOC(=O)CN(C)C(=O)C1(c2ccc(Br)cc2)CC1. The molecule has 0 radical (unpaired) electrons. The lowest BCUT2D eigenvalue weighted by Crippen LogP contribution is -2.40. The monoisotopic (exact) mass is 339 g/mol. The molecule has 0 spiro atoms. The van der Waals surface area contributed by atoms with Crippen LogP contribution in [0, 0.1) is 0 Å². The van der Waals surface area contributed by atoms with Gasteiger partial charge in [-0.25, -0.2) is 0 Å². The Kier molecular flexibility index (Phi) is 4.48. The Morgan fingerprint density at radius 1 is 1.30 bits per heavy atom. The topological polar surface area (TPSA) is 46.6 Å². The van der Waals surface area contributed by atoms with E-state index < -0.39 is 5.41 Å². The van der Waals surface area contributed by atoms with Gasteiger partial charge in [0.2, 0.25) is 5.91 Å². The van der Waals surface area contributed by atoms with Gasteiger partial charge in [0.1, 0.15) is 6.54 Å². The van der Waals surface area contributed by atoms with Gasteiger partial charge in [-0.1, -0.05) is 28.1 Å². The quantitative estimate of drug-likeness (QED) is 0.774. The summed E-state index contributed by atoms with van der Waals surface area (Å²) in [6.07, 6.45) is 1.67. The summed E-state index contributed by atoms with van der Waals surface area (Å²) in [5.41, 5.74) is 0.573. The van der Waals surface area contributed by atoms with E-state index in [2.05, 4.69) is 15.9 Å². The third-order valence-corrected chi connectivity index (χ3v) is 4.10. The molecular weight excluding hydrogens is 322 g/mol. The number of amides is 1. The largest absolute Gasteiger partial charge is 0.465 e. The van der Waals surface area contributed by atoms with Gasteiger partial charge >= 0.3 is 5.97 Å². The molecule has 0 N–H and O–H groups in total. The van der Waals surface area contributed by atoms with Gasteiger partial charge in [0.25, 0.3) is 0 Å². The molecule has 5 heteroatoms. The Bertz CT molecular complexity index is 508. The highest BCUT2D eigenvalue weighted by Gasteiger charge is 2.52. The van der Waals surface area contributed by atoms with Gasteiger partial charge in [0, 0.05) is 11.5 Å². The smallest absolute Gasteiger partial charge is 0.325 e. The number of halogens is 1. The first-order valence-electron chi connectivity index (χ1n) is 6.67. The Labute approximate surface area is 127 Å². The van der Waals surface area contributed by atoms with E-state index in [-0.39, 0.29) is 18.4 Å². The fourth-order valence-electron chi connectivity index (χ4n) is 2.36. The first-order chi connectivity index (χ1) is 9.49. The lowest BCUT2D eigenvalue weighted by molar-refractivity contribution is -0.148. The van der Waals surface area contributed by atoms with Crippen LogP contribution in [0.4, 0.5) is 0 Å². The molecule has 1 aliphatic rings. The van der Waals surface area contributed by atoms with Crippen molar-refractivity contribution in [3.8, 4) is 0 Å². The molecule has 1 amide bonds. The van der Waals surface area contributed by atoms with Crippen molar-refractivity contribution < 1.29 is 14.3 Å². The zero-order valence-electron chi connectivity index (χ0n) is 11.7. The van der Waals surface area contributed by atoms with Crippen LogP contribution in [0.15, 0.2) is 28.7 Å². The van der Waals surface area contributed by atoms with E-state index in [0.717, 1.165) is 22.9 Å². The molecular formula is C15H18BrNO3. The second kappa shape index (κ2) is 5.95. The van der Waals surface area contributed by atoms with Gasteiger partial charge in [-0.3, -0.25) is 9.59 Å². The molecule has 1 saturated carbocycles. The Morgan fingerprint density at radius 2 is 1.90 bits per heavy atom. The molecule has 0 atom stereocenters. The number of rotatable bonds is 5. The fraction of sp³-hybridized carbons (Fsp3) is 0.467. The first-order valence-corrected chi connectivity index (χ1v) is 7.46. The van der Waals surface area contributed by atoms with Gasteiger partial charge in [-0.05, 0) is 37.5 Å². The summed E-state index contributed by atoms with van der Waals surface area (Å²) in [4.78, 5) is 25.5. The molecule has 0 saturated heterocycles. The minimum Gasteiger partial charge on any atom is -0.465 e. The predicted molar refractivity (Wildman–Crippen MR) is 79.3 cm³/mol. The van der Waals surface area contributed by atoms with E-state index in [4.69, 9.17) is 4.74 Å². The maximum Gasteiger partial charge on any atom is 0.325 e.